The molecule has 2 N–H and O–H groups in total. The number of aromatic nitrogens is 3. The number of fused-ring (bicyclic) bond motifs is 3. The van der Waals surface area contributed by atoms with Crippen LogP contribution in [0.25, 0.3) is 16.6 Å². The highest BCUT2D eigenvalue weighted by Gasteiger charge is 2.22. The van der Waals surface area contributed by atoms with Crippen LogP contribution in [0, 0.1) is 0 Å². The number of methoxy groups -OCH3 is 1. The predicted octanol–water partition coefficient (Wildman–Crippen LogP) is 2.08. The van der Waals surface area contributed by atoms with Gasteiger partial charge in [-0.15, -0.1) is 0 Å². The summed E-state index contributed by atoms with van der Waals surface area (Å²) < 4.78 is 6.91. The Bertz CT molecular complexity index is 872. The Labute approximate surface area is 140 Å². The Morgan fingerprint density at radius 2 is 2.17 bits per heavy atom. The summed E-state index contributed by atoms with van der Waals surface area (Å²) in [5.74, 6) is 0.503. The van der Waals surface area contributed by atoms with Gasteiger partial charge in [-0.3, -0.25) is 4.79 Å². The second kappa shape index (κ2) is 6.84. The molecular weight excluding hydrogens is 306 g/mol. The molecule has 1 amide bonds. The fourth-order valence-corrected chi connectivity index (χ4v) is 2.72. The highest BCUT2D eigenvalue weighted by Crippen LogP contribution is 2.30. The smallest absolute Gasteiger partial charge is 0.254 e. The number of ether oxygens (including phenoxy) is 1. The number of pyridine rings is 1. The van der Waals surface area contributed by atoms with Crippen LogP contribution in [0.5, 0.6) is 0 Å². The maximum atomic E-state index is 12.8. The first kappa shape index (κ1) is 16.2. The Morgan fingerprint density at radius 1 is 1.33 bits per heavy atom. The fraction of sp³-hybridized carbons (Fsp3) is 0.353. The van der Waals surface area contributed by atoms with Gasteiger partial charge in [0.25, 0.3) is 5.91 Å². The SMILES string of the molecule is COCCNC(=O)c1c2c(NC(C)C)ncnc2n2ccccc12. The first-order chi connectivity index (χ1) is 11.6. The summed E-state index contributed by atoms with van der Waals surface area (Å²) >= 11 is 0. The molecule has 0 aliphatic carbocycles. The lowest BCUT2D eigenvalue weighted by molar-refractivity contribution is 0.0940. The number of amides is 1. The average molecular weight is 327 g/mol. The fourth-order valence-electron chi connectivity index (χ4n) is 2.72. The van der Waals surface area contributed by atoms with E-state index in [1.54, 1.807) is 7.11 Å². The summed E-state index contributed by atoms with van der Waals surface area (Å²) in [7, 11) is 1.60. The van der Waals surface area contributed by atoms with E-state index in [4.69, 9.17) is 4.74 Å². The third-order valence-corrected chi connectivity index (χ3v) is 3.67. The quantitative estimate of drug-likeness (QED) is 0.678. The molecule has 24 heavy (non-hydrogen) atoms. The van der Waals surface area contributed by atoms with Gasteiger partial charge < -0.3 is 19.8 Å². The summed E-state index contributed by atoms with van der Waals surface area (Å²) in [5, 5.41) is 6.92. The Morgan fingerprint density at radius 3 is 2.92 bits per heavy atom. The van der Waals surface area contributed by atoms with Crippen LogP contribution in [-0.4, -0.2) is 46.6 Å². The van der Waals surface area contributed by atoms with Crippen molar-refractivity contribution in [2.24, 2.45) is 0 Å². The minimum absolute atomic E-state index is 0.160. The molecule has 3 heterocycles. The standard InChI is InChI=1S/C17H21N5O2/c1-11(2)21-15-14-13(17(23)18-7-9-24-3)12-6-4-5-8-22(12)16(14)20-10-19-15/h4-6,8,10-11H,7,9H2,1-3H3,(H,18,23)(H,19,20,21). The first-order valence-electron chi connectivity index (χ1n) is 7.91. The van der Waals surface area contributed by atoms with Crippen molar-refractivity contribution in [2.45, 2.75) is 19.9 Å². The van der Waals surface area contributed by atoms with Crippen molar-refractivity contribution in [3.63, 3.8) is 0 Å². The third kappa shape index (κ3) is 2.90. The van der Waals surface area contributed by atoms with E-state index in [2.05, 4.69) is 20.6 Å². The Kier molecular flexibility index (Phi) is 4.61. The van der Waals surface area contributed by atoms with Crippen LogP contribution < -0.4 is 10.6 Å². The van der Waals surface area contributed by atoms with E-state index in [0.29, 0.717) is 30.2 Å². The van der Waals surface area contributed by atoms with Crippen molar-refractivity contribution >= 4 is 28.3 Å². The maximum Gasteiger partial charge on any atom is 0.254 e. The molecule has 7 heteroatoms. The first-order valence-corrected chi connectivity index (χ1v) is 7.91. The molecule has 3 rings (SSSR count). The minimum atomic E-state index is -0.160. The van der Waals surface area contributed by atoms with Crippen molar-refractivity contribution in [3.05, 3.63) is 36.3 Å². The zero-order valence-corrected chi connectivity index (χ0v) is 14.0. The van der Waals surface area contributed by atoms with Gasteiger partial charge in [0.15, 0.2) is 5.65 Å². The Hall–Kier alpha value is -2.67. The lowest BCUT2D eigenvalue weighted by Gasteiger charge is -2.11. The van der Waals surface area contributed by atoms with Crippen molar-refractivity contribution in [1.82, 2.24) is 19.7 Å². The van der Waals surface area contributed by atoms with Crippen LogP contribution in [0.2, 0.25) is 0 Å². The zero-order chi connectivity index (χ0) is 17.1. The molecule has 0 saturated heterocycles. The number of anilines is 1. The molecule has 3 aromatic heterocycles. The van der Waals surface area contributed by atoms with E-state index in [1.165, 1.54) is 6.33 Å². The number of nitrogens with one attached hydrogen (secondary N) is 2. The number of nitrogens with zero attached hydrogens (tertiary/aromatic N) is 3. The molecule has 0 spiro atoms. The van der Waals surface area contributed by atoms with E-state index < -0.39 is 0 Å². The third-order valence-electron chi connectivity index (χ3n) is 3.67. The van der Waals surface area contributed by atoms with Gasteiger partial charge in [-0.1, -0.05) is 6.07 Å². The number of hydrogen-bond acceptors (Lipinski definition) is 5. The lowest BCUT2D eigenvalue weighted by atomic mass is 10.1. The average Bonchev–Trinajstić information content (AvgIpc) is 2.90. The molecule has 126 valence electrons. The second-order valence-electron chi connectivity index (χ2n) is 5.80. The highest BCUT2D eigenvalue weighted by molar-refractivity contribution is 6.16. The molecule has 0 unspecified atom stereocenters. The number of hydrogen-bond donors (Lipinski definition) is 2. The van der Waals surface area contributed by atoms with Gasteiger partial charge in [-0.25, -0.2) is 9.97 Å². The number of carbonyl (C=O) groups excluding carboxylic acids is 1. The van der Waals surface area contributed by atoms with Gasteiger partial charge in [-0.2, -0.15) is 0 Å². The normalized spacial score (nSPS) is 11.3. The van der Waals surface area contributed by atoms with E-state index in [-0.39, 0.29) is 11.9 Å². The molecule has 0 aliphatic rings. The zero-order valence-electron chi connectivity index (χ0n) is 14.0. The van der Waals surface area contributed by atoms with Gasteiger partial charge in [-0.05, 0) is 26.0 Å². The van der Waals surface area contributed by atoms with Gasteiger partial charge in [0, 0.05) is 25.9 Å². The van der Waals surface area contributed by atoms with Gasteiger partial charge >= 0.3 is 0 Å². The molecule has 0 aliphatic heterocycles. The van der Waals surface area contributed by atoms with Crippen LogP contribution >= 0.6 is 0 Å². The van der Waals surface area contributed by atoms with Crippen molar-refractivity contribution in [3.8, 4) is 0 Å². The van der Waals surface area contributed by atoms with Crippen LogP contribution in [0.3, 0.4) is 0 Å². The molecule has 0 aromatic carbocycles. The van der Waals surface area contributed by atoms with E-state index >= 15 is 0 Å². The Balaban J connectivity index is 2.21. The van der Waals surface area contributed by atoms with Crippen molar-refractivity contribution in [2.75, 3.05) is 25.6 Å². The molecule has 0 radical (unpaired) electrons. The summed E-state index contributed by atoms with van der Waals surface area (Å²) in [6.07, 6.45) is 3.41. The van der Waals surface area contributed by atoms with Gasteiger partial charge in [0.05, 0.1) is 23.1 Å². The van der Waals surface area contributed by atoms with Crippen LogP contribution in [0.1, 0.15) is 24.2 Å². The molecule has 0 atom stereocenters. The molecular formula is C17H21N5O2. The van der Waals surface area contributed by atoms with Crippen LogP contribution in [0.4, 0.5) is 5.82 Å². The van der Waals surface area contributed by atoms with Crippen molar-refractivity contribution < 1.29 is 9.53 Å². The summed E-state index contributed by atoms with van der Waals surface area (Å²) in [6.45, 7) is 4.97. The molecule has 7 nitrogen and oxygen atoms in total. The molecule has 0 saturated carbocycles. The predicted molar refractivity (Wildman–Crippen MR) is 93.5 cm³/mol. The topological polar surface area (TPSA) is 80.5 Å². The van der Waals surface area contributed by atoms with Gasteiger partial charge in [0.1, 0.15) is 12.1 Å². The molecule has 0 bridgehead atoms. The highest BCUT2D eigenvalue weighted by atomic mass is 16.5. The summed E-state index contributed by atoms with van der Waals surface area (Å²) in [4.78, 5) is 21.5. The number of carbonyl (C=O) groups is 1. The van der Waals surface area contributed by atoms with E-state index in [0.717, 1.165) is 10.9 Å². The van der Waals surface area contributed by atoms with E-state index in [1.807, 2.05) is 42.6 Å². The number of rotatable bonds is 6. The summed E-state index contributed by atoms with van der Waals surface area (Å²) in [6, 6.07) is 5.92. The monoisotopic (exact) mass is 327 g/mol. The van der Waals surface area contributed by atoms with Crippen molar-refractivity contribution in [1.29, 1.82) is 0 Å². The second-order valence-corrected chi connectivity index (χ2v) is 5.80. The largest absolute Gasteiger partial charge is 0.383 e. The van der Waals surface area contributed by atoms with E-state index in [9.17, 15) is 4.79 Å². The minimum Gasteiger partial charge on any atom is -0.383 e. The van der Waals surface area contributed by atoms with Gasteiger partial charge in [0.2, 0.25) is 0 Å². The molecule has 3 aromatic rings. The molecule has 0 fully saturated rings. The van der Waals surface area contributed by atoms with Crippen LogP contribution in [0.15, 0.2) is 30.7 Å². The summed E-state index contributed by atoms with van der Waals surface area (Å²) in [5.41, 5.74) is 2.08. The lowest BCUT2D eigenvalue weighted by Crippen LogP contribution is -2.27. The maximum absolute atomic E-state index is 12.8. The van der Waals surface area contributed by atoms with Crippen LogP contribution in [-0.2, 0) is 4.74 Å².